The average molecular weight is 450 g/mol. The van der Waals surface area contributed by atoms with Crippen LogP contribution in [0, 0.1) is 5.92 Å². The molecule has 0 unspecified atom stereocenters. The molecule has 0 bridgehead atoms. The Morgan fingerprint density at radius 3 is 2.59 bits per heavy atom. The van der Waals surface area contributed by atoms with E-state index in [0.717, 1.165) is 17.7 Å². The van der Waals surface area contributed by atoms with Crippen LogP contribution in [0.4, 0.5) is 8.78 Å². The number of nitrogens with two attached hydrogens (primary N) is 1. The summed E-state index contributed by atoms with van der Waals surface area (Å²) in [6.07, 6.45) is 2.01. The maximum Gasteiger partial charge on any atom is 0.387 e. The molecule has 2 fully saturated rings. The molecule has 1 saturated heterocycles. The van der Waals surface area contributed by atoms with Crippen molar-refractivity contribution in [1.29, 1.82) is 0 Å². The second-order valence-corrected chi connectivity index (χ2v) is 7.42. The maximum absolute atomic E-state index is 12.8. The fourth-order valence-corrected chi connectivity index (χ4v) is 3.15. The predicted molar refractivity (Wildman–Crippen MR) is 104 cm³/mol. The quantitative estimate of drug-likeness (QED) is 0.574. The van der Waals surface area contributed by atoms with Crippen LogP contribution in [0.2, 0.25) is 0 Å². The number of ether oxygens (including phenoxy) is 2. The highest BCUT2D eigenvalue weighted by atomic mass is 19.3. The first-order chi connectivity index (χ1) is 15.3. The summed E-state index contributed by atoms with van der Waals surface area (Å²) in [7, 11) is 0. The molecule has 10 nitrogen and oxygen atoms in total. The van der Waals surface area contributed by atoms with Crippen molar-refractivity contribution in [3.8, 4) is 23.0 Å². The Morgan fingerprint density at radius 1 is 1.25 bits per heavy atom. The van der Waals surface area contributed by atoms with E-state index in [1.807, 2.05) is 0 Å². The zero-order valence-electron chi connectivity index (χ0n) is 16.8. The SMILES string of the molecule is NCc1oc(-c2ccc(OC(F)F)c(OCC3CC3)c2)nc1C(=O)N1CC(=O)NC(=O)C1. The Labute approximate surface area is 180 Å². The van der Waals surface area contributed by atoms with Crippen LogP contribution in [-0.4, -0.2) is 53.9 Å². The monoisotopic (exact) mass is 450 g/mol. The fourth-order valence-electron chi connectivity index (χ4n) is 3.15. The number of nitrogens with one attached hydrogen (secondary N) is 1. The summed E-state index contributed by atoms with van der Waals surface area (Å²) in [5, 5.41) is 2.10. The third-order valence-electron chi connectivity index (χ3n) is 4.90. The number of halogens is 2. The van der Waals surface area contributed by atoms with E-state index in [-0.39, 0.29) is 48.5 Å². The molecule has 2 heterocycles. The number of oxazole rings is 1. The van der Waals surface area contributed by atoms with Gasteiger partial charge < -0.3 is 24.5 Å². The number of alkyl halides is 2. The number of rotatable bonds is 8. The summed E-state index contributed by atoms with van der Waals surface area (Å²) in [5.74, 6) is -1.53. The minimum atomic E-state index is -3.02. The van der Waals surface area contributed by atoms with E-state index in [2.05, 4.69) is 15.0 Å². The van der Waals surface area contributed by atoms with E-state index in [9.17, 15) is 23.2 Å². The molecule has 12 heteroatoms. The molecule has 1 saturated carbocycles. The molecule has 0 atom stereocenters. The van der Waals surface area contributed by atoms with Crippen LogP contribution in [0.3, 0.4) is 0 Å². The number of carbonyl (C=O) groups is 3. The van der Waals surface area contributed by atoms with E-state index in [1.54, 1.807) is 0 Å². The molecule has 1 aliphatic carbocycles. The minimum absolute atomic E-state index is 0.00135. The largest absolute Gasteiger partial charge is 0.489 e. The van der Waals surface area contributed by atoms with Crippen molar-refractivity contribution in [3.05, 3.63) is 29.7 Å². The van der Waals surface area contributed by atoms with Crippen molar-refractivity contribution >= 4 is 17.7 Å². The number of imide groups is 1. The third-order valence-corrected chi connectivity index (χ3v) is 4.90. The average Bonchev–Trinajstić information content (AvgIpc) is 3.47. The van der Waals surface area contributed by atoms with Gasteiger partial charge in [0.05, 0.1) is 13.2 Å². The minimum Gasteiger partial charge on any atom is -0.489 e. The Morgan fingerprint density at radius 2 is 1.97 bits per heavy atom. The van der Waals surface area contributed by atoms with Gasteiger partial charge in [0, 0.05) is 5.56 Å². The van der Waals surface area contributed by atoms with Gasteiger partial charge in [-0.05, 0) is 37.0 Å². The summed E-state index contributed by atoms with van der Waals surface area (Å²) in [4.78, 5) is 41.2. The second kappa shape index (κ2) is 8.91. The molecule has 3 N–H and O–H groups in total. The third kappa shape index (κ3) is 4.85. The lowest BCUT2D eigenvalue weighted by Crippen LogP contribution is -2.53. The van der Waals surface area contributed by atoms with Crippen LogP contribution in [0.25, 0.3) is 11.5 Å². The van der Waals surface area contributed by atoms with E-state index in [4.69, 9.17) is 14.9 Å². The van der Waals surface area contributed by atoms with Crippen LogP contribution in [-0.2, 0) is 16.1 Å². The Bertz CT molecular complexity index is 1040. The molecule has 2 aromatic rings. The molecular weight excluding hydrogens is 430 g/mol. The topological polar surface area (TPSA) is 137 Å². The van der Waals surface area contributed by atoms with E-state index < -0.39 is 24.3 Å². The second-order valence-electron chi connectivity index (χ2n) is 7.42. The van der Waals surface area contributed by atoms with E-state index in [0.29, 0.717) is 18.1 Å². The summed E-state index contributed by atoms with van der Waals surface area (Å²) >= 11 is 0. The van der Waals surface area contributed by atoms with Crippen LogP contribution in [0.1, 0.15) is 29.1 Å². The number of aromatic nitrogens is 1. The lowest BCUT2D eigenvalue weighted by atomic mass is 10.2. The molecule has 1 aliphatic heterocycles. The molecule has 3 amide bonds. The lowest BCUT2D eigenvalue weighted by Gasteiger charge is -2.24. The normalized spacial score (nSPS) is 16.3. The first kappa shape index (κ1) is 21.7. The van der Waals surface area contributed by atoms with Crippen molar-refractivity contribution in [3.63, 3.8) is 0 Å². The molecule has 0 radical (unpaired) electrons. The van der Waals surface area contributed by atoms with Crippen molar-refractivity contribution < 1.29 is 37.1 Å². The first-order valence-corrected chi connectivity index (χ1v) is 9.87. The Kier molecular flexibility index (Phi) is 6.04. The number of piperazine rings is 1. The summed E-state index contributed by atoms with van der Waals surface area (Å²) in [6.45, 7) is -3.45. The molecule has 0 spiro atoms. The number of benzene rings is 1. The summed E-state index contributed by atoms with van der Waals surface area (Å²) in [5.41, 5.74) is 5.89. The van der Waals surface area contributed by atoms with Crippen LogP contribution >= 0.6 is 0 Å². The van der Waals surface area contributed by atoms with Crippen molar-refractivity contribution in [1.82, 2.24) is 15.2 Å². The molecule has 1 aromatic heterocycles. The predicted octanol–water partition coefficient (Wildman–Crippen LogP) is 1.29. The van der Waals surface area contributed by atoms with Gasteiger partial charge in [-0.15, -0.1) is 0 Å². The number of amides is 3. The number of hydrogen-bond donors (Lipinski definition) is 2. The van der Waals surface area contributed by atoms with Crippen molar-refractivity contribution in [2.45, 2.75) is 26.0 Å². The highest BCUT2D eigenvalue weighted by Gasteiger charge is 2.31. The van der Waals surface area contributed by atoms with E-state index >= 15 is 0 Å². The molecule has 4 rings (SSSR count). The van der Waals surface area contributed by atoms with Crippen LogP contribution in [0.5, 0.6) is 11.5 Å². The smallest absolute Gasteiger partial charge is 0.387 e. The van der Waals surface area contributed by atoms with Gasteiger partial charge in [0.1, 0.15) is 13.1 Å². The van der Waals surface area contributed by atoms with Crippen LogP contribution in [0.15, 0.2) is 22.6 Å². The fraction of sp³-hybridized carbons (Fsp3) is 0.400. The maximum atomic E-state index is 12.8. The van der Waals surface area contributed by atoms with Gasteiger partial charge in [-0.3, -0.25) is 19.7 Å². The van der Waals surface area contributed by atoms with Gasteiger partial charge in [0.2, 0.25) is 17.7 Å². The highest BCUT2D eigenvalue weighted by Crippen LogP contribution is 2.36. The van der Waals surface area contributed by atoms with Gasteiger partial charge >= 0.3 is 6.61 Å². The zero-order chi connectivity index (χ0) is 22.8. The van der Waals surface area contributed by atoms with Gasteiger partial charge in [0.15, 0.2) is 23.0 Å². The lowest BCUT2D eigenvalue weighted by molar-refractivity contribution is -0.135. The van der Waals surface area contributed by atoms with Crippen molar-refractivity contribution in [2.24, 2.45) is 11.7 Å². The Hall–Kier alpha value is -3.54. The molecule has 1 aromatic carbocycles. The van der Waals surface area contributed by atoms with Gasteiger partial charge in [-0.25, -0.2) is 4.98 Å². The highest BCUT2D eigenvalue weighted by molar-refractivity contribution is 6.05. The van der Waals surface area contributed by atoms with Gasteiger partial charge in [0.25, 0.3) is 5.91 Å². The summed E-state index contributed by atoms with van der Waals surface area (Å²) < 4.78 is 41.3. The molecule has 170 valence electrons. The molecule has 32 heavy (non-hydrogen) atoms. The first-order valence-electron chi connectivity index (χ1n) is 9.87. The molecular formula is C20H20F2N4O6. The number of hydrogen-bond acceptors (Lipinski definition) is 8. The molecule has 2 aliphatic rings. The standard InChI is InChI=1S/C20H20F2N4O6/c21-20(22)32-12-4-3-11(5-13(12)30-9-10-1-2-10)18-25-17(14(6-23)31-18)19(29)26-7-15(27)24-16(28)8-26/h3-5,10,20H,1-2,6-9,23H2,(H,24,27,28). The Balaban J connectivity index is 1.62. The van der Waals surface area contributed by atoms with Crippen molar-refractivity contribution in [2.75, 3.05) is 19.7 Å². The number of carbonyl (C=O) groups excluding carboxylic acids is 3. The van der Waals surface area contributed by atoms with E-state index in [1.165, 1.54) is 18.2 Å². The number of nitrogens with zero attached hydrogens (tertiary/aromatic N) is 2. The van der Waals surface area contributed by atoms with Gasteiger partial charge in [-0.1, -0.05) is 0 Å². The van der Waals surface area contributed by atoms with Gasteiger partial charge in [-0.2, -0.15) is 8.78 Å². The summed E-state index contributed by atoms with van der Waals surface area (Å²) in [6, 6.07) is 4.16. The zero-order valence-corrected chi connectivity index (χ0v) is 16.8. The van der Waals surface area contributed by atoms with Crippen LogP contribution < -0.4 is 20.5 Å².